The Morgan fingerprint density at radius 2 is 1.92 bits per heavy atom. The molecular weight excluding hydrogens is 482 g/mol. The van der Waals surface area contributed by atoms with Crippen LogP contribution in [0.3, 0.4) is 0 Å². The van der Waals surface area contributed by atoms with E-state index in [1.807, 2.05) is 57.2 Å². The van der Waals surface area contributed by atoms with Crippen molar-refractivity contribution in [2.75, 3.05) is 33.6 Å². The number of ether oxygens (including phenoxy) is 3. The minimum atomic E-state index is -0.375. The average molecular weight is 514 g/mol. The summed E-state index contributed by atoms with van der Waals surface area (Å²) in [5.41, 5.74) is 2.15. The molecule has 0 saturated carbocycles. The van der Waals surface area contributed by atoms with Crippen molar-refractivity contribution in [1.82, 2.24) is 9.91 Å². The first-order valence-electron chi connectivity index (χ1n) is 12.0. The van der Waals surface area contributed by atoms with Gasteiger partial charge in [-0.2, -0.15) is 5.10 Å². The topological polar surface area (TPSA) is 80.7 Å². The van der Waals surface area contributed by atoms with Gasteiger partial charge in [0.25, 0.3) is 5.91 Å². The van der Waals surface area contributed by atoms with E-state index in [9.17, 15) is 9.59 Å². The van der Waals surface area contributed by atoms with E-state index in [4.69, 9.17) is 30.9 Å². The number of hydrazone groups is 1. The molecule has 0 aliphatic carbocycles. The van der Waals surface area contributed by atoms with E-state index in [0.717, 1.165) is 11.1 Å². The summed E-state index contributed by atoms with van der Waals surface area (Å²) in [6.07, 6.45) is 0.798. The zero-order chi connectivity index (χ0) is 25.9. The van der Waals surface area contributed by atoms with Crippen molar-refractivity contribution < 1.29 is 23.8 Å². The Labute approximate surface area is 216 Å². The molecule has 192 valence electrons. The van der Waals surface area contributed by atoms with Crippen LogP contribution >= 0.6 is 11.6 Å². The molecule has 2 aliphatic rings. The summed E-state index contributed by atoms with van der Waals surface area (Å²) in [6.45, 7) is 6.71. The molecule has 2 amide bonds. The molecular formula is C27H32ClN3O5. The van der Waals surface area contributed by atoms with E-state index in [1.54, 1.807) is 18.1 Å². The number of carbonyl (C=O) groups is 2. The average Bonchev–Trinajstić information content (AvgIpc) is 3.47. The monoisotopic (exact) mass is 513 g/mol. The van der Waals surface area contributed by atoms with E-state index < -0.39 is 0 Å². The normalized spacial score (nSPS) is 16.8. The third-order valence-electron chi connectivity index (χ3n) is 6.06. The van der Waals surface area contributed by atoms with Crippen LogP contribution in [0, 0.1) is 5.41 Å². The minimum absolute atomic E-state index is 0.0953. The van der Waals surface area contributed by atoms with Crippen molar-refractivity contribution in [3.05, 3.63) is 58.6 Å². The second-order valence-electron chi connectivity index (χ2n) is 10.1. The molecule has 0 spiro atoms. The third-order valence-corrected chi connectivity index (χ3v) is 6.39. The Morgan fingerprint density at radius 3 is 2.64 bits per heavy atom. The van der Waals surface area contributed by atoms with Gasteiger partial charge < -0.3 is 19.1 Å². The number of methoxy groups -OCH3 is 1. The fourth-order valence-corrected chi connectivity index (χ4v) is 4.52. The zero-order valence-electron chi connectivity index (χ0n) is 21.1. The SMILES string of the molecule is COCCN(CC(=O)N1N=C(c2ccccc2Cl)CC1c1ccc2c(c1)OCO2)C(=O)CC(C)(C)C. The van der Waals surface area contributed by atoms with Gasteiger partial charge in [-0.15, -0.1) is 0 Å². The Bertz CT molecular complexity index is 1160. The standard InChI is InChI=1S/C27H32ClN3O5/c1-27(2,3)15-25(32)30(11-12-34-4)16-26(33)31-22(18-9-10-23-24(13-18)36-17-35-23)14-21(29-31)19-7-5-6-8-20(19)28/h5-10,13,22H,11-12,14-17H2,1-4H3. The van der Waals surface area contributed by atoms with E-state index in [1.165, 1.54) is 5.01 Å². The maximum atomic E-state index is 13.7. The van der Waals surface area contributed by atoms with Crippen molar-refractivity contribution in [2.24, 2.45) is 10.5 Å². The van der Waals surface area contributed by atoms with E-state index >= 15 is 0 Å². The van der Waals surface area contributed by atoms with Gasteiger partial charge in [-0.05, 0) is 29.2 Å². The first-order valence-corrected chi connectivity index (χ1v) is 12.3. The quantitative estimate of drug-likeness (QED) is 0.513. The molecule has 0 radical (unpaired) electrons. The van der Waals surface area contributed by atoms with Crippen LogP contribution in [0.25, 0.3) is 0 Å². The number of hydrogen-bond acceptors (Lipinski definition) is 6. The molecule has 1 atom stereocenters. The predicted octanol–water partition coefficient (Wildman–Crippen LogP) is 4.66. The summed E-state index contributed by atoms with van der Waals surface area (Å²) in [6, 6.07) is 12.7. The largest absolute Gasteiger partial charge is 0.454 e. The molecule has 0 bridgehead atoms. The Kier molecular flexibility index (Phi) is 7.85. The number of hydrogen-bond donors (Lipinski definition) is 0. The smallest absolute Gasteiger partial charge is 0.262 e. The first-order chi connectivity index (χ1) is 17.2. The highest BCUT2D eigenvalue weighted by Crippen LogP contribution is 2.40. The van der Waals surface area contributed by atoms with Gasteiger partial charge in [0.15, 0.2) is 11.5 Å². The summed E-state index contributed by atoms with van der Waals surface area (Å²) < 4.78 is 16.2. The van der Waals surface area contributed by atoms with Gasteiger partial charge >= 0.3 is 0 Å². The van der Waals surface area contributed by atoms with E-state index in [2.05, 4.69) is 0 Å². The predicted molar refractivity (Wildman–Crippen MR) is 137 cm³/mol. The zero-order valence-corrected chi connectivity index (χ0v) is 21.9. The molecule has 0 saturated heterocycles. The summed E-state index contributed by atoms with van der Waals surface area (Å²) in [4.78, 5) is 28.3. The van der Waals surface area contributed by atoms with Gasteiger partial charge in [0.1, 0.15) is 6.54 Å². The molecule has 9 heteroatoms. The lowest BCUT2D eigenvalue weighted by Gasteiger charge is -2.29. The number of benzene rings is 2. The van der Waals surface area contributed by atoms with Crippen LogP contribution in [0.4, 0.5) is 0 Å². The number of amides is 2. The second kappa shape index (κ2) is 10.9. The van der Waals surface area contributed by atoms with Crippen molar-refractivity contribution in [1.29, 1.82) is 0 Å². The maximum absolute atomic E-state index is 13.7. The molecule has 2 aromatic rings. The lowest BCUT2D eigenvalue weighted by Crippen LogP contribution is -2.43. The Balaban J connectivity index is 1.63. The summed E-state index contributed by atoms with van der Waals surface area (Å²) in [5.74, 6) is 0.925. The van der Waals surface area contributed by atoms with Crippen LogP contribution < -0.4 is 9.47 Å². The van der Waals surface area contributed by atoms with E-state index in [-0.39, 0.29) is 36.6 Å². The lowest BCUT2D eigenvalue weighted by molar-refractivity contribution is -0.143. The molecule has 0 aromatic heterocycles. The molecule has 2 aliphatic heterocycles. The third kappa shape index (κ3) is 5.99. The van der Waals surface area contributed by atoms with Gasteiger partial charge in [0.2, 0.25) is 12.7 Å². The highest BCUT2D eigenvalue weighted by atomic mass is 35.5. The first kappa shape index (κ1) is 26.0. The van der Waals surface area contributed by atoms with Gasteiger partial charge in [-0.25, -0.2) is 5.01 Å². The molecule has 8 nitrogen and oxygen atoms in total. The molecule has 4 rings (SSSR count). The number of halogens is 1. The molecule has 0 fully saturated rings. The highest BCUT2D eigenvalue weighted by molar-refractivity contribution is 6.34. The van der Waals surface area contributed by atoms with Gasteiger partial charge in [-0.1, -0.05) is 56.6 Å². The summed E-state index contributed by atoms with van der Waals surface area (Å²) >= 11 is 6.46. The van der Waals surface area contributed by atoms with Crippen LogP contribution in [-0.2, 0) is 14.3 Å². The molecule has 1 unspecified atom stereocenters. The second-order valence-corrected chi connectivity index (χ2v) is 10.6. The Morgan fingerprint density at radius 1 is 1.17 bits per heavy atom. The summed E-state index contributed by atoms with van der Waals surface area (Å²) in [7, 11) is 1.57. The fraction of sp³-hybridized carbons (Fsp3) is 0.444. The van der Waals surface area contributed by atoms with Crippen LogP contribution in [0.5, 0.6) is 11.5 Å². The van der Waals surface area contributed by atoms with Crippen LogP contribution in [0.1, 0.15) is 50.8 Å². The molecule has 0 N–H and O–H groups in total. The number of rotatable bonds is 8. The Hall–Kier alpha value is -3.10. The van der Waals surface area contributed by atoms with Crippen LogP contribution in [0.15, 0.2) is 47.6 Å². The van der Waals surface area contributed by atoms with Crippen molar-refractivity contribution in [3.8, 4) is 11.5 Å². The van der Waals surface area contributed by atoms with Crippen molar-refractivity contribution in [3.63, 3.8) is 0 Å². The highest BCUT2D eigenvalue weighted by Gasteiger charge is 2.36. The number of nitrogens with zero attached hydrogens (tertiary/aromatic N) is 3. The van der Waals surface area contributed by atoms with Gasteiger partial charge in [0, 0.05) is 37.1 Å². The fourth-order valence-electron chi connectivity index (χ4n) is 4.27. The molecule has 36 heavy (non-hydrogen) atoms. The number of fused-ring (bicyclic) bond motifs is 1. The summed E-state index contributed by atoms with van der Waals surface area (Å²) in [5, 5.41) is 6.75. The molecule has 2 heterocycles. The van der Waals surface area contributed by atoms with Crippen LogP contribution in [-0.4, -0.2) is 61.0 Å². The van der Waals surface area contributed by atoms with E-state index in [0.29, 0.717) is 48.2 Å². The van der Waals surface area contributed by atoms with Gasteiger partial charge in [-0.3, -0.25) is 9.59 Å². The maximum Gasteiger partial charge on any atom is 0.262 e. The van der Waals surface area contributed by atoms with Gasteiger partial charge in [0.05, 0.1) is 18.4 Å². The van der Waals surface area contributed by atoms with Crippen molar-refractivity contribution >= 4 is 29.1 Å². The lowest BCUT2D eigenvalue weighted by atomic mass is 9.91. The number of carbonyl (C=O) groups excluding carboxylic acids is 2. The van der Waals surface area contributed by atoms with Crippen molar-refractivity contribution in [2.45, 2.75) is 39.7 Å². The minimum Gasteiger partial charge on any atom is -0.454 e. The van der Waals surface area contributed by atoms with Crippen LogP contribution in [0.2, 0.25) is 5.02 Å². The molecule has 2 aromatic carbocycles.